The van der Waals surface area contributed by atoms with E-state index < -0.39 is 10.0 Å². The largest absolute Gasteiger partial charge is 0.347 e. The molecular weight excluding hydrogens is 392 g/mol. The Kier molecular flexibility index (Phi) is 5.35. The van der Waals surface area contributed by atoms with Gasteiger partial charge in [0, 0.05) is 21.3 Å². The molecule has 0 bridgehead atoms. The van der Waals surface area contributed by atoms with Gasteiger partial charge in [0.1, 0.15) is 4.90 Å². The Labute approximate surface area is 150 Å². The van der Waals surface area contributed by atoms with Gasteiger partial charge in [0.25, 0.3) is 15.9 Å². The number of amides is 1. The summed E-state index contributed by atoms with van der Waals surface area (Å²) in [6, 6.07) is 12.9. The number of nitrogens with one attached hydrogen (secondary N) is 2. The molecule has 0 saturated carbocycles. The summed E-state index contributed by atoms with van der Waals surface area (Å²) < 4.78 is 27.8. The van der Waals surface area contributed by atoms with Gasteiger partial charge in [0.15, 0.2) is 0 Å². The van der Waals surface area contributed by atoms with Crippen molar-refractivity contribution in [3.8, 4) is 0 Å². The highest BCUT2D eigenvalue weighted by Crippen LogP contribution is 2.24. The number of anilines is 1. The molecule has 0 spiro atoms. The lowest BCUT2D eigenvalue weighted by molar-refractivity contribution is 0.0919. The van der Waals surface area contributed by atoms with E-state index in [4.69, 9.17) is 0 Å². The Morgan fingerprint density at radius 1 is 1.00 bits per heavy atom. The van der Waals surface area contributed by atoms with Crippen molar-refractivity contribution in [2.75, 3.05) is 4.72 Å². The van der Waals surface area contributed by atoms with E-state index in [1.54, 1.807) is 42.5 Å². The van der Waals surface area contributed by atoms with E-state index in [0.29, 0.717) is 15.7 Å². The molecule has 0 aliphatic carbocycles. The van der Waals surface area contributed by atoms with Crippen LogP contribution in [0.15, 0.2) is 57.9 Å². The predicted molar refractivity (Wildman–Crippen MR) is 98.6 cm³/mol. The van der Waals surface area contributed by atoms with E-state index in [1.807, 2.05) is 20.8 Å². The topological polar surface area (TPSA) is 75.3 Å². The average Bonchev–Trinajstić information content (AvgIpc) is 2.46. The summed E-state index contributed by atoms with van der Waals surface area (Å²) in [5, 5.41) is 2.85. The summed E-state index contributed by atoms with van der Waals surface area (Å²) in [7, 11) is -3.70. The monoisotopic (exact) mass is 410 g/mol. The zero-order valence-electron chi connectivity index (χ0n) is 13.6. The number of benzene rings is 2. The van der Waals surface area contributed by atoms with Crippen LogP contribution in [0, 0.1) is 0 Å². The fourth-order valence-corrected chi connectivity index (χ4v) is 4.04. The zero-order valence-corrected chi connectivity index (χ0v) is 16.0. The predicted octanol–water partition coefficient (Wildman–Crippen LogP) is 3.78. The zero-order chi connectivity index (χ0) is 18.0. The molecule has 0 radical (unpaired) electrons. The van der Waals surface area contributed by atoms with Crippen molar-refractivity contribution >= 4 is 37.5 Å². The number of carbonyl (C=O) groups excluding carboxylic acids is 1. The molecule has 7 heteroatoms. The van der Waals surface area contributed by atoms with Crippen LogP contribution in [0.25, 0.3) is 0 Å². The van der Waals surface area contributed by atoms with Crippen LogP contribution in [0.2, 0.25) is 0 Å². The number of hydrogen-bond acceptors (Lipinski definition) is 3. The maximum absolute atomic E-state index is 12.4. The first-order valence-corrected chi connectivity index (χ1v) is 9.56. The molecule has 5 nitrogen and oxygen atoms in total. The van der Waals surface area contributed by atoms with Gasteiger partial charge < -0.3 is 5.32 Å². The van der Waals surface area contributed by atoms with Crippen LogP contribution in [0.4, 0.5) is 5.69 Å². The van der Waals surface area contributed by atoms with Crippen molar-refractivity contribution in [3.05, 3.63) is 58.6 Å². The standard InChI is InChI=1S/C17H19BrN2O3S/c1-17(2,3)19-16(21)12-8-10-13(11-9-12)20-24(22,23)15-7-5-4-6-14(15)18/h4-11,20H,1-3H3,(H,19,21). The Bertz CT molecular complexity index is 841. The highest BCUT2D eigenvalue weighted by Gasteiger charge is 2.18. The summed E-state index contributed by atoms with van der Waals surface area (Å²) >= 11 is 3.23. The van der Waals surface area contributed by atoms with Gasteiger partial charge in [0.2, 0.25) is 0 Å². The summed E-state index contributed by atoms with van der Waals surface area (Å²) in [5.74, 6) is -0.206. The van der Waals surface area contributed by atoms with Crippen molar-refractivity contribution in [2.24, 2.45) is 0 Å². The fraction of sp³-hybridized carbons (Fsp3) is 0.235. The molecule has 0 aliphatic rings. The van der Waals surface area contributed by atoms with Gasteiger partial charge >= 0.3 is 0 Å². The quantitative estimate of drug-likeness (QED) is 0.804. The minimum Gasteiger partial charge on any atom is -0.347 e. The third-order valence-corrected chi connectivity index (χ3v) is 5.41. The van der Waals surface area contributed by atoms with E-state index in [1.165, 1.54) is 6.07 Å². The molecular formula is C17H19BrN2O3S. The third-order valence-electron chi connectivity index (χ3n) is 3.01. The SMILES string of the molecule is CC(C)(C)NC(=O)c1ccc(NS(=O)(=O)c2ccccc2Br)cc1. The minimum absolute atomic E-state index is 0.152. The smallest absolute Gasteiger partial charge is 0.263 e. The van der Waals surface area contributed by atoms with Crippen LogP contribution in [0.5, 0.6) is 0 Å². The molecule has 2 N–H and O–H groups in total. The summed E-state index contributed by atoms with van der Waals surface area (Å²) in [6.07, 6.45) is 0. The van der Waals surface area contributed by atoms with Gasteiger partial charge in [-0.3, -0.25) is 9.52 Å². The van der Waals surface area contributed by atoms with E-state index in [2.05, 4.69) is 26.0 Å². The summed E-state index contributed by atoms with van der Waals surface area (Å²) in [5.41, 5.74) is 0.517. The van der Waals surface area contributed by atoms with Crippen LogP contribution >= 0.6 is 15.9 Å². The molecule has 0 unspecified atom stereocenters. The van der Waals surface area contributed by atoms with Crippen molar-refractivity contribution < 1.29 is 13.2 Å². The molecule has 24 heavy (non-hydrogen) atoms. The molecule has 0 heterocycles. The number of carbonyl (C=O) groups is 1. The summed E-state index contributed by atoms with van der Waals surface area (Å²) in [4.78, 5) is 12.2. The second kappa shape index (κ2) is 6.94. The third kappa shape index (κ3) is 4.82. The first-order chi connectivity index (χ1) is 11.1. The van der Waals surface area contributed by atoms with Gasteiger partial charge in [-0.1, -0.05) is 12.1 Å². The van der Waals surface area contributed by atoms with Gasteiger partial charge in [-0.25, -0.2) is 8.42 Å². The highest BCUT2D eigenvalue weighted by atomic mass is 79.9. The maximum atomic E-state index is 12.4. The summed E-state index contributed by atoms with van der Waals surface area (Å²) in [6.45, 7) is 5.68. The van der Waals surface area contributed by atoms with Crippen molar-refractivity contribution in [1.29, 1.82) is 0 Å². The maximum Gasteiger partial charge on any atom is 0.263 e. The molecule has 0 aliphatic heterocycles. The van der Waals surface area contributed by atoms with Gasteiger partial charge in [-0.2, -0.15) is 0 Å². The van der Waals surface area contributed by atoms with Crippen LogP contribution in [-0.2, 0) is 10.0 Å². The molecule has 0 aromatic heterocycles. The lowest BCUT2D eigenvalue weighted by Crippen LogP contribution is -2.40. The number of halogens is 1. The normalized spacial score (nSPS) is 11.8. The molecule has 0 atom stereocenters. The molecule has 0 fully saturated rings. The Morgan fingerprint density at radius 3 is 2.12 bits per heavy atom. The van der Waals surface area contributed by atoms with E-state index >= 15 is 0 Å². The fourth-order valence-electron chi connectivity index (χ4n) is 1.98. The second-order valence-corrected chi connectivity index (χ2v) is 8.82. The first kappa shape index (κ1) is 18.5. The highest BCUT2D eigenvalue weighted by molar-refractivity contribution is 9.10. The van der Waals surface area contributed by atoms with Crippen LogP contribution in [-0.4, -0.2) is 19.9 Å². The lowest BCUT2D eigenvalue weighted by atomic mass is 10.1. The van der Waals surface area contributed by atoms with E-state index in [9.17, 15) is 13.2 Å². The van der Waals surface area contributed by atoms with Crippen LogP contribution in [0.1, 0.15) is 31.1 Å². The van der Waals surface area contributed by atoms with Gasteiger partial charge in [0.05, 0.1) is 0 Å². The Morgan fingerprint density at radius 2 is 1.58 bits per heavy atom. The second-order valence-electron chi connectivity index (χ2n) is 6.32. The number of rotatable bonds is 4. The molecule has 2 aromatic rings. The van der Waals surface area contributed by atoms with Crippen LogP contribution in [0.3, 0.4) is 0 Å². The number of hydrogen-bond donors (Lipinski definition) is 2. The van der Waals surface area contributed by atoms with Crippen molar-refractivity contribution in [2.45, 2.75) is 31.2 Å². The molecule has 2 aromatic carbocycles. The van der Waals surface area contributed by atoms with Crippen molar-refractivity contribution in [3.63, 3.8) is 0 Å². The van der Waals surface area contributed by atoms with Gasteiger partial charge in [-0.05, 0) is 73.1 Å². The van der Waals surface area contributed by atoms with Crippen LogP contribution < -0.4 is 10.0 Å². The number of sulfonamides is 1. The van der Waals surface area contributed by atoms with E-state index in [-0.39, 0.29) is 16.3 Å². The Balaban J connectivity index is 2.17. The molecule has 1 amide bonds. The van der Waals surface area contributed by atoms with Crippen molar-refractivity contribution in [1.82, 2.24) is 5.32 Å². The first-order valence-electron chi connectivity index (χ1n) is 7.28. The Hall–Kier alpha value is -1.86. The van der Waals surface area contributed by atoms with E-state index in [0.717, 1.165) is 0 Å². The molecule has 0 saturated heterocycles. The molecule has 128 valence electrons. The molecule has 2 rings (SSSR count). The van der Waals surface area contributed by atoms with Gasteiger partial charge in [-0.15, -0.1) is 0 Å². The average molecular weight is 411 g/mol. The minimum atomic E-state index is -3.70. The lowest BCUT2D eigenvalue weighted by Gasteiger charge is -2.20.